The Kier molecular flexibility index (Phi) is 10.8. The topological polar surface area (TPSA) is 96.5 Å². The number of hydroxylamine groups is 1. The third-order valence-corrected chi connectivity index (χ3v) is 4.15. The lowest BCUT2D eigenvalue weighted by atomic mass is 10.2. The number of hydrogen-bond acceptors (Lipinski definition) is 8. The molecule has 0 saturated carbocycles. The molecule has 0 aliphatic heterocycles. The summed E-state index contributed by atoms with van der Waals surface area (Å²) in [5, 5.41) is 3.26. The Morgan fingerprint density at radius 3 is 2.11 bits per heavy atom. The van der Waals surface area contributed by atoms with Gasteiger partial charge in [-0.15, -0.1) is 5.06 Å². The molecule has 0 atom stereocenters. The number of rotatable bonds is 10. The van der Waals surface area contributed by atoms with Crippen LogP contribution in [0.25, 0.3) is 0 Å². The number of carbonyl (C=O) groups is 2. The van der Waals surface area contributed by atoms with Gasteiger partial charge in [-0.25, -0.2) is 4.79 Å². The number of alkyl halides is 3. The number of pyridine rings is 1. The average molecular weight is 534 g/mol. The monoisotopic (exact) mass is 533 g/mol. The van der Waals surface area contributed by atoms with E-state index < -0.39 is 41.9 Å². The van der Waals surface area contributed by atoms with Crippen LogP contribution in [0.1, 0.15) is 41.5 Å². The summed E-state index contributed by atoms with van der Waals surface area (Å²) >= 11 is 0. The summed E-state index contributed by atoms with van der Waals surface area (Å²) in [4.78, 5) is 38.9. The summed E-state index contributed by atoms with van der Waals surface area (Å²) in [7, 11) is 5.36. The van der Waals surface area contributed by atoms with Crippen molar-refractivity contribution in [3.63, 3.8) is 0 Å². The van der Waals surface area contributed by atoms with Crippen LogP contribution in [0, 0.1) is 0 Å². The highest BCUT2D eigenvalue weighted by molar-refractivity contribution is 6.02. The Labute approximate surface area is 216 Å². The zero-order valence-corrected chi connectivity index (χ0v) is 22.9. The van der Waals surface area contributed by atoms with Crippen molar-refractivity contribution in [1.29, 1.82) is 0 Å². The van der Waals surface area contributed by atoms with E-state index in [0.717, 1.165) is 6.08 Å². The molecular weight excluding hydrogens is 495 g/mol. The van der Waals surface area contributed by atoms with E-state index >= 15 is 0 Å². The first-order chi connectivity index (χ1) is 16.7. The first kappa shape index (κ1) is 32.0. The number of likely N-dealkylation sites (N-methyl/N-ethyl adjacent to an activating group) is 2. The molecule has 0 bridgehead atoms. The van der Waals surface area contributed by atoms with Crippen LogP contribution in [0.3, 0.4) is 0 Å². The lowest BCUT2D eigenvalue weighted by molar-refractivity contribution is -0.154. The van der Waals surface area contributed by atoms with E-state index in [0.29, 0.717) is 18.2 Å². The fourth-order valence-corrected chi connectivity index (χ4v) is 2.66. The van der Waals surface area contributed by atoms with E-state index in [1.807, 2.05) is 19.0 Å². The van der Waals surface area contributed by atoms with Crippen molar-refractivity contribution >= 4 is 29.2 Å². The van der Waals surface area contributed by atoms with Crippen molar-refractivity contribution in [3.8, 4) is 5.88 Å². The summed E-state index contributed by atoms with van der Waals surface area (Å²) in [5.41, 5.74) is -2.14. The van der Waals surface area contributed by atoms with Crippen molar-refractivity contribution in [3.05, 3.63) is 18.7 Å². The predicted octanol–water partition coefficient (Wildman–Crippen LogP) is 4.62. The minimum Gasteiger partial charge on any atom is -0.466 e. The molecule has 210 valence electrons. The number of amides is 2. The summed E-state index contributed by atoms with van der Waals surface area (Å²) in [5.74, 6) is -1.03. The average Bonchev–Trinajstić information content (AvgIpc) is 2.72. The third-order valence-electron chi connectivity index (χ3n) is 4.15. The van der Waals surface area contributed by atoms with Crippen molar-refractivity contribution < 1.29 is 37.1 Å². The summed E-state index contributed by atoms with van der Waals surface area (Å²) < 4.78 is 49.8. The zero-order chi connectivity index (χ0) is 28.8. The van der Waals surface area contributed by atoms with E-state index in [1.54, 1.807) is 53.5 Å². The molecule has 1 N–H and O–H groups in total. The number of aromatic nitrogens is 1. The smallest absolute Gasteiger partial charge is 0.439 e. The second-order valence-electron chi connectivity index (χ2n) is 10.5. The van der Waals surface area contributed by atoms with Crippen LogP contribution in [-0.2, 0) is 14.4 Å². The molecule has 0 aromatic carbocycles. The molecule has 13 heteroatoms. The lowest BCUT2D eigenvalue weighted by Crippen LogP contribution is -2.42. The Bertz CT molecular complexity index is 956. The van der Waals surface area contributed by atoms with Crippen molar-refractivity contribution in [1.82, 2.24) is 9.88 Å². The molecule has 0 fully saturated rings. The SMILES string of the molecule is C=CC(=O)Nc1cc(N(OC(C)(C)C)C(=O)OC(C)(C)C)c(OCC(F)(F)F)nc1N(C)CCN(C)C. The highest BCUT2D eigenvalue weighted by atomic mass is 19.4. The van der Waals surface area contributed by atoms with Gasteiger partial charge in [0.25, 0.3) is 0 Å². The molecule has 0 unspecified atom stereocenters. The minimum atomic E-state index is -4.69. The van der Waals surface area contributed by atoms with Gasteiger partial charge in [0.15, 0.2) is 12.4 Å². The standard InChI is InChI=1S/C24H38F3N5O5/c1-11-18(33)28-16-14-17(32(37-23(5,6)7)21(34)36-22(2,3)4)20(35-15-24(25,26)27)29-19(16)31(10)13-12-30(8)9/h11,14H,1,12-13,15H2,2-10H3,(H,28,33). The number of carbonyl (C=O) groups excluding carboxylic acids is 2. The predicted molar refractivity (Wildman–Crippen MR) is 136 cm³/mol. The highest BCUT2D eigenvalue weighted by Crippen LogP contribution is 2.38. The van der Waals surface area contributed by atoms with Gasteiger partial charge in [0.05, 0.1) is 11.3 Å². The summed E-state index contributed by atoms with van der Waals surface area (Å²) in [6.07, 6.45) is -4.68. The minimum absolute atomic E-state index is 0.0894. The molecule has 1 aromatic heterocycles. The van der Waals surface area contributed by atoms with Gasteiger partial charge in [0, 0.05) is 20.1 Å². The van der Waals surface area contributed by atoms with Gasteiger partial charge in [-0.3, -0.25) is 9.63 Å². The molecule has 37 heavy (non-hydrogen) atoms. The number of nitrogens with zero attached hydrogens (tertiary/aromatic N) is 4. The van der Waals surface area contributed by atoms with E-state index in [1.165, 1.54) is 6.07 Å². The molecule has 0 saturated heterocycles. The van der Waals surface area contributed by atoms with Crippen LogP contribution in [0.4, 0.5) is 35.2 Å². The molecular formula is C24H38F3N5O5. The van der Waals surface area contributed by atoms with Gasteiger partial charge in [0.2, 0.25) is 11.8 Å². The first-order valence-corrected chi connectivity index (χ1v) is 11.5. The van der Waals surface area contributed by atoms with Crippen molar-refractivity contribution in [2.24, 2.45) is 0 Å². The van der Waals surface area contributed by atoms with Gasteiger partial charge in [0.1, 0.15) is 11.3 Å². The normalized spacial score (nSPS) is 12.2. The number of nitrogens with one attached hydrogen (secondary N) is 1. The summed E-state index contributed by atoms with van der Waals surface area (Å²) in [6, 6.07) is 1.25. The molecule has 0 aliphatic carbocycles. The maximum atomic E-state index is 13.1. The quantitative estimate of drug-likeness (QED) is 0.344. The fraction of sp³-hybridized carbons (Fsp3) is 0.625. The lowest BCUT2D eigenvalue weighted by Gasteiger charge is -2.33. The third kappa shape index (κ3) is 11.7. The molecule has 10 nitrogen and oxygen atoms in total. The number of ether oxygens (including phenoxy) is 2. The Balaban J connectivity index is 3.83. The van der Waals surface area contributed by atoms with Crippen molar-refractivity contribution in [2.75, 3.05) is 56.1 Å². The summed E-state index contributed by atoms with van der Waals surface area (Å²) in [6.45, 7) is 12.5. The number of anilines is 3. The van der Waals surface area contributed by atoms with Gasteiger partial charge in [-0.05, 0) is 67.8 Å². The molecule has 1 aromatic rings. The van der Waals surface area contributed by atoms with E-state index in [-0.39, 0.29) is 17.2 Å². The van der Waals surface area contributed by atoms with Crippen LogP contribution in [0.15, 0.2) is 18.7 Å². The van der Waals surface area contributed by atoms with Crippen LogP contribution in [-0.4, -0.2) is 80.1 Å². The fourth-order valence-electron chi connectivity index (χ4n) is 2.66. The first-order valence-electron chi connectivity index (χ1n) is 11.5. The largest absolute Gasteiger partial charge is 0.466 e. The molecule has 1 rings (SSSR count). The molecule has 0 radical (unpaired) electrons. The van der Waals surface area contributed by atoms with E-state index in [2.05, 4.69) is 16.9 Å². The molecule has 0 spiro atoms. The Morgan fingerprint density at radius 2 is 1.65 bits per heavy atom. The molecule has 1 heterocycles. The van der Waals surface area contributed by atoms with Gasteiger partial charge >= 0.3 is 12.3 Å². The van der Waals surface area contributed by atoms with Gasteiger partial charge in [-0.2, -0.15) is 18.2 Å². The van der Waals surface area contributed by atoms with Gasteiger partial charge < -0.3 is 24.6 Å². The van der Waals surface area contributed by atoms with E-state index in [9.17, 15) is 22.8 Å². The van der Waals surface area contributed by atoms with E-state index in [4.69, 9.17) is 14.3 Å². The maximum absolute atomic E-state index is 13.1. The molecule has 2 amide bonds. The van der Waals surface area contributed by atoms with Crippen LogP contribution >= 0.6 is 0 Å². The number of hydrogen-bond donors (Lipinski definition) is 1. The van der Waals surface area contributed by atoms with Crippen LogP contribution < -0.4 is 20.0 Å². The van der Waals surface area contributed by atoms with Gasteiger partial charge in [-0.1, -0.05) is 6.58 Å². The second kappa shape index (κ2) is 12.5. The van der Waals surface area contributed by atoms with Crippen LogP contribution in [0.2, 0.25) is 0 Å². The molecule has 0 aliphatic rings. The van der Waals surface area contributed by atoms with Crippen LogP contribution in [0.5, 0.6) is 5.88 Å². The Morgan fingerprint density at radius 1 is 1.05 bits per heavy atom. The zero-order valence-electron chi connectivity index (χ0n) is 22.9. The number of halogens is 3. The van der Waals surface area contributed by atoms with Crippen molar-refractivity contribution in [2.45, 2.75) is 58.9 Å². The maximum Gasteiger partial charge on any atom is 0.439 e. The second-order valence-corrected chi connectivity index (χ2v) is 10.5. The Hall–Kier alpha value is -3.06. The highest BCUT2D eigenvalue weighted by Gasteiger charge is 2.35.